The van der Waals surface area contributed by atoms with Crippen molar-refractivity contribution in [1.82, 2.24) is 39.7 Å². The van der Waals surface area contributed by atoms with Crippen molar-refractivity contribution in [1.29, 1.82) is 0 Å². The topological polar surface area (TPSA) is 215 Å². The van der Waals surface area contributed by atoms with Gasteiger partial charge in [-0.2, -0.15) is 18.3 Å². The largest absolute Gasteiger partial charge is 0.417 e. The second kappa shape index (κ2) is 27.2. The number of H-pyrrole nitrogens is 6. The maximum absolute atomic E-state index is 13.6. The van der Waals surface area contributed by atoms with Crippen molar-refractivity contribution >= 4 is 16.7 Å². The van der Waals surface area contributed by atoms with Crippen LogP contribution in [-0.4, -0.2) is 39.7 Å². The first kappa shape index (κ1) is 60.5. The molecule has 3 atom stereocenters. The van der Waals surface area contributed by atoms with E-state index in [0.717, 1.165) is 72.3 Å². The number of aromatic nitrogens is 8. The molecule has 4 heterocycles. The van der Waals surface area contributed by atoms with Gasteiger partial charge in [-0.05, 0) is 128 Å². The molecule has 6 N–H and O–H groups in total. The number of nitrogens with zero attached hydrogens (tertiary/aromatic N) is 2. The molecule has 5 aromatic carbocycles. The Hall–Kier alpha value is -9.64. The van der Waals surface area contributed by atoms with Gasteiger partial charge in [0.05, 0.1) is 11.3 Å². The Balaban J connectivity index is 0.000000145. The van der Waals surface area contributed by atoms with Crippen LogP contribution in [0.2, 0.25) is 0 Å². The van der Waals surface area contributed by atoms with E-state index in [9.17, 15) is 41.9 Å². The van der Waals surface area contributed by atoms with Gasteiger partial charge in [-0.3, -0.25) is 34.0 Å². The summed E-state index contributed by atoms with van der Waals surface area (Å²) in [6, 6.07) is 44.2. The van der Waals surface area contributed by atoms with Crippen LogP contribution < -0.4 is 33.7 Å². The fourth-order valence-corrected chi connectivity index (χ4v) is 12.3. The number of hydrogen-bond donors (Lipinski definition) is 6. The minimum Gasteiger partial charge on any atom is -0.311 e. The molecule has 9 aromatic rings. The Morgan fingerprint density at radius 3 is 1.26 bits per heavy atom. The summed E-state index contributed by atoms with van der Waals surface area (Å²) in [6.45, 7) is 3.74. The molecule has 0 bridgehead atoms. The van der Waals surface area contributed by atoms with Crippen molar-refractivity contribution in [2.45, 2.75) is 115 Å². The second-order valence-electron chi connectivity index (χ2n) is 22.7. The van der Waals surface area contributed by atoms with Crippen molar-refractivity contribution in [3.05, 3.63) is 310 Å². The van der Waals surface area contributed by atoms with Gasteiger partial charge in [-0.15, -0.1) is 0 Å². The molecule has 0 radical (unpaired) electrons. The van der Waals surface area contributed by atoms with Crippen LogP contribution in [0.4, 0.5) is 13.2 Å². The Kier molecular flexibility index (Phi) is 18.9. The predicted molar refractivity (Wildman–Crippen MR) is 335 cm³/mol. The zero-order valence-electron chi connectivity index (χ0n) is 48.8. The molecule has 0 saturated heterocycles. The number of benzene rings is 5. The fraction of sp³-hybridized carbons (Fsp3) is 0.271. The summed E-state index contributed by atoms with van der Waals surface area (Å²) < 4.78 is 42.6. The number of nitrogens with one attached hydrogen (secondary N) is 6. The normalized spacial score (nSPS) is 16.7. The van der Waals surface area contributed by atoms with Gasteiger partial charge in [-0.1, -0.05) is 157 Å². The molecule has 3 unspecified atom stereocenters. The summed E-state index contributed by atoms with van der Waals surface area (Å²) in [6.07, 6.45) is 11.7. The number of aryl methyl sites for hydroxylation is 3. The minimum atomic E-state index is -4.43. The SMILES string of the molecule is Cc1ccc(C2=CCC(c3[nH]c(=O)[nH]c(=O)c3Cc3ccccc3)CC2)c(C(F)(F)F)c1.Cc1cccc(C2=CCC(c3[nH]c(=O)[nH]c(=O)c3Cc3ccccc3)CC2)c1.Cn1nccc1C1=CCC(c2[nH]c(=O)[nH]c(=O)c2Cc2ccccc2)CC1. The monoisotopic (exact) mass is 1170 g/mol. The zero-order valence-corrected chi connectivity index (χ0v) is 48.8. The third-order valence-corrected chi connectivity index (χ3v) is 16.7. The van der Waals surface area contributed by atoms with E-state index in [4.69, 9.17) is 0 Å². The number of alkyl halides is 3. The average Bonchev–Trinajstić information content (AvgIpc) is 3.08. The predicted octanol–water partition coefficient (Wildman–Crippen LogP) is 12.4. The minimum absolute atomic E-state index is 0.135. The Labute approximate surface area is 499 Å². The summed E-state index contributed by atoms with van der Waals surface area (Å²) in [5.41, 5.74) is 11.6. The molecule has 87 heavy (non-hydrogen) atoms. The van der Waals surface area contributed by atoms with E-state index in [0.29, 0.717) is 72.0 Å². The molecule has 0 amide bonds. The van der Waals surface area contributed by atoms with Gasteiger partial charge in [0.1, 0.15) is 0 Å². The van der Waals surface area contributed by atoms with Gasteiger partial charge in [0.2, 0.25) is 0 Å². The fourth-order valence-electron chi connectivity index (χ4n) is 12.3. The molecule has 17 heteroatoms. The van der Waals surface area contributed by atoms with Gasteiger partial charge in [-0.25, -0.2) is 14.4 Å². The van der Waals surface area contributed by atoms with E-state index >= 15 is 0 Å². The average molecular weight is 1180 g/mol. The number of allylic oxidation sites excluding steroid dienone is 6. The molecule has 14 nitrogen and oxygen atoms in total. The maximum atomic E-state index is 13.6. The maximum Gasteiger partial charge on any atom is 0.417 e. The van der Waals surface area contributed by atoms with Crippen molar-refractivity contribution in [2.24, 2.45) is 7.05 Å². The molecule has 0 saturated carbocycles. The molecule has 0 spiro atoms. The lowest BCUT2D eigenvalue weighted by molar-refractivity contribution is -0.137. The van der Waals surface area contributed by atoms with E-state index in [1.807, 2.05) is 109 Å². The molecule has 0 fully saturated rings. The first-order chi connectivity index (χ1) is 41.9. The van der Waals surface area contributed by atoms with Gasteiger partial charge >= 0.3 is 23.2 Å². The van der Waals surface area contributed by atoms with Crippen LogP contribution in [0.1, 0.15) is 160 Å². The molecule has 12 rings (SSSR count). The lowest BCUT2D eigenvalue weighted by Gasteiger charge is -2.25. The molecule has 0 aliphatic heterocycles. The molecule has 446 valence electrons. The third-order valence-electron chi connectivity index (χ3n) is 16.7. The van der Waals surface area contributed by atoms with Crippen LogP contribution in [0.25, 0.3) is 16.7 Å². The first-order valence-corrected chi connectivity index (χ1v) is 29.4. The highest BCUT2D eigenvalue weighted by Crippen LogP contribution is 2.42. The van der Waals surface area contributed by atoms with Crippen LogP contribution in [0.3, 0.4) is 0 Å². The highest BCUT2D eigenvalue weighted by Gasteiger charge is 2.35. The molecule has 3 aliphatic carbocycles. The van der Waals surface area contributed by atoms with Crippen LogP contribution in [0.5, 0.6) is 0 Å². The highest BCUT2D eigenvalue weighted by atomic mass is 19.4. The quantitative estimate of drug-likeness (QED) is 0.0695. The molecule has 3 aliphatic rings. The van der Waals surface area contributed by atoms with Crippen molar-refractivity contribution in [3.63, 3.8) is 0 Å². The summed E-state index contributed by atoms with van der Waals surface area (Å²) >= 11 is 0. The zero-order chi connectivity index (χ0) is 61.2. The van der Waals surface area contributed by atoms with Gasteiger partial charge < -0.3 is 15.0 Å². The van der Waals surface area contributed by atoms with Crippen molar-refractivity contribution in [2.75, 3.05) is 0 Å². The van der Waals surface area contributed by atoms with E-state index in [-0.39, 0.29) is 34.4 Å². The summed E-state index contributed by atoms with van der Waals surface area (Å²) in [4.78, 5) is 89.2. The van der Waals surface area contributed by atoms with Crippen LogP contribution in [-0.2, 0) is 32.5 Å². The number of hydrogen-bond acceptors (Lipinski definition) is 7. The van der Waals surface area contributed by atoms with Gasteiger partial charge in [0, 0.05) is 84.0 Å². The van der Waals surface area contributed by atoms with Crippen LogP contribution >= 0.6 is 0 Å². The molecular formula is C70H69F3N8O6. The summed E-state index contributed by atoms with van der Waals surface area (Å²) in [5.74, 6) is 0.144. The lowest BCUT2D eigenvalue weighted by atomic mass is 9.81. The van der Waals surface area contributed by atoms with Crippen molar-refractivity contribution in [3.8, 4) is 0 Å². The molecule has 4 aromatic heterocycles. The standard InChI is InChI=1S/C25H23F3N2O2.C24H24N2O2.C21H22N4O2/c1-15-7-12-19(21(13-15)25(26,27)28)17-8-10-18(11-9-17)22-20(23(31)30-24(32)29-22)14-16-5-3-2-4-6-16;1-16-6-5-9-20(14-16)18-10-12-19(13-11-18)22-21(23(27)26-24(28)25-22)15-17-7-3-2-4-8-17;1-25-18(11-12-22-25)15-7-9-16(10-8-15)19-17(20(26)24-21(27)23-19)13-14-5-3-2-4-6-14/h2-8,12-13,18H,9-11,14H2,1H3,(H2,29,30,31,32);2-10,14,19H,11-13,15H2,1H3,(H2,25,26,27,28);2-7,11-12,16H,8-10,13H2,1H3,(H2,23,24,26,27). The van der Waals surface area contributed by atoms with Crippen LogP contribution in [0, 0.1) is 13.8 Å². The summed E-state index contributed by atoms with van der Waals surface area (Å²) in [7, 11) is 1.94. The highest BCUT2D eigenvalue weighted by molar-refractivity contribution is 5.70. The lowest BCUT2D eigenvalue weighted by Crippen LogP contribution is -2.30. The Bertz CT molecular complexity index is 4380. The van der Waals surface area contributed by atoms with Crippen LogP contribution in [0.15, 0.2) is 193 Å². The Morgan fingerprint density at radius 2 is 0.885 bits per heavy atom. The smallest absolute Gasteiger partial charge is 0.311 e. The second-order valence-corrected chi connectivity index (χ2v) is 22.7. The third kappa shape index (κ3) is 15.1. The van der Waals surface area contributed by atoms with Gasteiger partial charge in [0.15, 0.2) is 0 Å². The summed E-state index contributed by atoms with van der Waals surface area (Å²) in [5, 5.41) is 4.24. The number of rotatable bonds is 12. The number of halogens is 3. The van der Waals surface area contributed by atoms with Gasteiger partial charge in [0.25, 0.3) is 16.7 Å². The van der Waals surface area contributed by atoms with E-state index in [1.165, 1.54) is 34.4 Å². The van der Waals surface area contributed by atoms with E-state index < -0.39 is 34.4 Å². The Morgan fingerprint density at radius 1 is 0.471 bits per heavy atom. The first-order valence-electron chi connectivity index (χ1n) is 29.4. The van der Waals surface area contributed by atoms with E-state index in [1.54, 1.807) is 25.3 Å². The molecular weight excluding hydrogens is 1110 g/mol. The van der Waals surface area contributed by atoms with Crippen molar-refractivity contribution < 1.29 is 13.2 Å². The van der Waals surface area contributed by atoms with E-state index in [2.05, 4.69) is 78.3 Å². The number of aromatic amines is 6.